The zero-order chi connectivity index (χ0) is 13.6. The van der Waals surface area contributed by atoms with E-state index in [0.717, 1.165) is 0 Å². The third kappa shape index (κ3) is 2.14. The van der Waals surface area contributed by atoms with Gasteiger partial charge in [0.1, 0.15) is 0 Å². The Hall–Kier alpha value is -1.41. The molecule has 0 spiro atoms. The summed E-state index contributed by atoms with van der Waals surface area (Å²) in [5.74, 6) is 0. The van der Waals surface area contributed by atoms with E-state index in [2.05, 4.69) is 75.2 Å². The van der Waals surface area contributed by atoms with E-state index < -0.39 is 0 Å². The summed E-state index contributed by atoms with van der Waals surface area (Å²) in [4.78, 5) is 4.98. The number of anilines is 2. The fourth-order valence-electron chi connectivity index (χ4n) is 2.40. The van der Waals surface area contributed by atoms with Crippen molar-refractivity contribution in [1.82, 2.24) is 0 Å². The smallest absolute Gasteiger partial charge is 0.0553 e. The third-order valence-electron chi connectivity index (χ3n) is 3.63. The molecule has 0 amide bonds. The minimum absolute atomic E-state index is 0.192. The second-order valence-electron chi connectivity index (χ2n) is 6.06. The lowest BCUT2D eigenvalue weighted by Crippen LogP contribution is -2.17. The highest BCUT2D eigenvalue weighted by Gasteiger charge is 2.22. The lowest BCUT2D eigenvalue weighted by atomic mass is 9.87. The summed E-state index contributed by atoms with van der Waals surface area (Å²) in [7, 11) is 2.16. The monoisotopic (exact) mass is 269 g/mol. The van der Waals surface area contributed by atoms with E-state index in [1.54, 1.807) is 0 Å². The molecule has 0 N–H and O–H groups in total. The maximum Gasteiger partial charge on any atom is 0.0553 e. The Balaban J connectivity index is 2.11. The first kappa shape index (κ1) is 12.6. The summed E-state index contributed by atoms with van der Waals surface area (Å²) >= 11 is 1.86. The maximum atomic E-state index is 2.33. The number of para-hydroxylation sites is 1. The Kier molecular flexibility index (Phi) is 2.86. The average molecular weight is 269 g/mol. The highest BCUT2D eigenvalue weighted by Crippen LogP contribution is 2.48. The molecule has 0 saturated heterocycles. The summed E-state index contributed by atoms with van der Waals surface area (Å²) in [5, 5.41) is 0. The topological polar surface area (TPSA) is 3.24 Å². The zero-order valence-corrected chi connectivity index (χ0v) is 12.7. The number of nitrogens with zero attached hydrogens (tertiary/aromatic N) is 1. The zero-order valence-electron chi connectivity index (χ0n) is 11.9. The van der Waals surface area contributed by atoms with Gasteiger partial charge in [-0.2, -0.15) is 0 Å². The molecule has 0 aliphatic carbocycles. The van der Waals surface area contributed by atoms with E-state index in [9.17, 15) is 0 Å². The molecule has 1 aliphatic rings. The van der Waals surface area contributed by atoms with E-state index in [1.807, 2.05) is 11.8 Å². The fraction of sp³-hybridized carbons (Fsp3) is 0.294. The van der Waals surface area contributed by atoms with E-state index in [1.165, 1.54) is 26.7 Å². The van der Waals surface area contributed by atoms with Gasteiger partial charge in [0.05, 0.1) is 11.4 Å². The third-order valence-corrected chi connectivity index (χ3v) is 4.76. The quantitative estimate of drug-likeness (QED) is 0.645. The molecule has 0 aromatic heterocycles. The molecule has 2 heteroatoms. The lowest BCUT2D eigenvalue weighted by Gasteiger charge is -2.31. The molecule has 0 bridgehead atoms. The molecule has 3 rings (SSSR count). The van der Waals surface area contributed by atoms with Gasteiger partial charge in [-0.1, -0.05) is 50.7 Å². The number of benzene rings is 2. The number of hydrogen-bond donors (Lipinski definition) is 0. The van der Waals surface area contributed by atoms with Crippen molar-refractivity contribution < 1.29 is 0 Å². The lowest BCUT2D eigenvalue weighted by molar-refractivity contribution is 0.589. The van der Waals surface area contributed by atoms with E-state index in [4.69, 9.17) is 0 Å². The summed E-state index contributed by atoms with van der Waals surface area (Å²) in [6.07, 6.45) is 0. The van der Waals surface area contributed by atoms with Crippen LogP contribution in [0.4, 0.5) is 11.4 Å². The molecular weight excluding hydrogens is 250 g/mol. The predicted molar refractivity (Wildman–Crippen MR) is 83.8 cm³/mol. The van der Waals surface area contributed by atoms with Crippen LogP contribution in [0.15, 0.2) is 52.3 Å². The molecule has 1 nitrogen and oxygen atoms in total. The number of rotatable bonds is 0. The van der Waals surface area contributed by atoms with Crippen molar-refractivity contribution in [2.75, 3.05) is 11.9 Å². The molecule has 0 unspecified atom stereocenters. The molecule has 1 heterocycles. The molecule has 19 heavy (non-hydrogen) atoms. The minimum atomic E-state index is 0.192. The van der Waals surface area contributed by atoms with Crippen LogP contribution in [-0.2, 0) is 5.41 Å². The van der Waals surface area contributed by atoms with Crippen molar-refractivity contribution >= 4 is 23.1 Å². The van der Waals surface area contributed by atoms with E-state index in [0.29, 0.717) is 0 Å². The first-order valence-corrected chi connectivity index (χ1v) is 7.43. The molecule has 0 saturated carbocycles. The van der Waals surface area contributed by atoms with Crippen LogP contribution < -0.4 is 4.90 Å². The molecule has 0 radical (unpaired) electrons. The Labute approximate surface area is 119 Å². The normalized spacial score (nSPS) is 14.0. The maximum absolute atomic E-state index is 2.33. The van der Waals surface area contributed by atoms with Gasteiger partial charge >= 0.3 is 0 Å². The molecular formula is C17H19NS. The van der Waals surface area contributed by atoms with Crippen LogP contribution in [-0.4, -0.2) is 7.05 Å². The second-order valence-corrected chi connectivity index (χ2v) is 7.15. The van der Waals surface area contributed by atoms with Gasteiger partial charge in [0.15, 0.2) is 0 Å². The fourth-order valence-corrected chi connectivity index (χ4v) is 3.53. The van der Waals surface area contributed by atoms with Gasteiger partial charge < -0.3 is 4.90 Å². The van der Waals surface area contributed by atoms with Crippen molar-refractivity contribution in [3.05, 3.63) is 48.0 Å². The first-order chi connectivity index (χ1) is 8.97. The van der Waals surface area contributed by atoms with Gasteiger partial charge in [0.25, 0.3) is 0 Å². The molecule has 0 atom stereocenters. The molecule has 98 valence electrons. The highest BCUT2D eigenvalue weighted by atomic mass is 32.2. The van der Waals surface area contributed by atoms with Gasteiger partial charge in [-0.3, -0.25) is 0 Å². The van der Waals surface area contributed by atoms with Crippen molar-refractivity contribution in [3.63, 3.8) is 0 Å². The van der Waals surface area contributed by atoms with E-state index in [-0.39, 0.29) is 5.41 Å². The Morgan fingerprint density at radius 2 is 1.58 bits per heavy atom. The minimum Gasteiger partial charge on any atom is -0.343 e. The molecule has 1 aliphatic heterocycles. The van der Waals surface area contributed by atoms with Crippen LogP contribution in [0.2, 0.25) is 0 Å². The predicted octanol–water partition coefficient (Wildman–Crippen LogP) is 5.22. The molecule has 2 aromatic rings. The van der Waals surface area contributed by atoms with Crippen LogP contribution in [0, 0.1) is 0 Å². The van der Waals surface area contributed by atoms with Gasteiger partial charge in [-0.15, -0.1) is 0 Å². The summed E-state index contributed by atoms with van der Waals surface area (Å²) in [6.45, 7) is 6.79. The van der Waals surface area contributed by atoms with Gasteiger partial charge in [-0.25, -0.2) is 0 Å². The molecule has 2 aromatic carbocycles. The van der Waals surface area contributed by atoms with Gasteiger partial charge in [-0.05, 0) is 35.2 Å². The SMILES string of the molecule is CN1c2ccccc2Sc2ccc(C(C)(C)C)cc21. The second kappa shape index (κ2) is 4.31. The first-order valence-electron chi connectivity index (χ1n) is 6.62. The van der Waals surface area contributed by atoms with Crippen molar-refractivity contribution in [2.24, 2.45) is 0 Å². The Bertz CT molecular complexity index is 625. The Morgan fingerprint density at radius 1 is 0.895 bits per heavy atom. The van der Waals surface area contributed by atoms with E-state index >= 15 is 0 Å². The summed E-state index contributed by atoms with van der Waals surface area (Å²) < 4.78 is 0. The van der Waals surface area contributed by atoms with Crippen molar-refractivity contribution in [2.45, 2.75) is 36.0 Å². The van der Waals surface area contributed by atoms with Crippen LogP contribution >= 0.6 is 11.8 Å². The highest BCUT2D eigenvalue weighted by molar-refractivity contribution is 7.99. The van der Waals surface area contributed by atoms with Crippen LogP contribution in [0.3, 0.4) is 0 Å². The average Bonchev–Trinajstić information content (AvgIpc) is 2.37. The van der Waals surface area contributed by atoms with Crippen LogP contribution in [0.5, 0.6) is 0 Å². The van der Waals surface area contributed by atoms with Gasteiger partial charge in [0.2, 0.25) is 0 Å². The van der Waals surface area contributed by atoms with Crippen molar-refractivity contribution in [1.29, 1.82) is 0 Å². The number of fused-ring (bicyclic) bond motifs is 2. The summed E-state index contributed by atoms with van der Waals surface area (Å²) in [5.41, 5.74) is 4.19. The van der Waals surface area contributed by atoms with Crippen molar-refractivity contribution in [3.8, 4) is 0 Å². The largest absolute Gasteiger partial charge is 0.343 e. The van der Waals surface area contributed by atoms with Crippen LogP contribution in [0.1, 0.15) is 26.3 Å². The number of hydrogen-bond acceptors (Lipinski definition) is 2. The molecule has 0 fully saturated rings. The van der Waals surface area contributed by atoms with Crippen LogP contribution in [0.25, 0.3) is 0 Å². The van der Waals surface area contributed by atoms with Gasteiger partial charge in [0, 0.05) is 16.8 Å². The standard InChI is InChI=1S/C17H19NS/c1-17(2,3)12-9-10-16-14(11-12)18(4)13-7-5-6-8-15(13)19-16/h5-11H,1-4H3. The Morgan fingerprint density at radius 3 is 2.32 bits per heavy atom. The summed E-state index contributed by atoms with van der Waals surface area (Å²) in [6, 6.07) is 15.4.